The molecule has 1 atom stereocenters. The fraction of sp³-hybridized carbons (Fsp3) is 0.455. The van der Waals surface area contributed by atoms with Gasteiger partial charge in [-0.15, -0.1) is 11.3 Å². The van der Waals surface area contributed by atoms with E-state index in [-0.39, 0.29) is 12.5 Å². The zero-order valence-corrected chi connectivity index (χ0v) is 10.4. The molecule has 16 heavy (non-hydrogen) atoms. The van der Waals surface area contributed by atoms with E-state index in [0.717, 1.165) is 10.4 Å². The maximum atomic E-state index is 11.7. The number of carboxylic acid groups (broad SMARTS) is 1. The average molecular weight is 241 g/mol. The van der Waals surface area contributed by atoms with Crippen molar-refractivity contribution >= 4 is 23.2 Å². The maximum absolute atomic E-state index is 11.7. The minimum Gasteiger partial charge on any atom is -0.481 e. The highest BCUT2D eigenvalue weighted by molar-refractivity contribution is 7.10. The van der Waals surface area contributed by atoms with Crippen LogP contribution in [0, 0.1) is 19.8 Å². The van der Waals surface area contributed by atoms with Crippen LogP contribution in [0.5, 0.6) is 0 Å². The monoisotopic (exact) mass is 241 g/mol. The van der Waals surface area contributed by atoms with Crippen LogP contribution in [0.25, 0.3) is 0 Å². The van der Waals surface area contributed by atoms with Crippen LogP contribution in [0.3, 0.4) is 0 Å². The van der Waals surface area contributed by atoms with Crippen molar-refractivity contribution in [2.24, 2.45) is 5.92 Å². The lowest BCUT2D eigenvalue weighted by molar-refractivity contribution is -0.140. The van der Waals surface area contributed by atoms with E-state index in [4.69, 9.17) is 5.11 Å². The number of nitrogens with one attached hydrogen (secondary N) is 1. The van der Waals surface area contributed by atoms with E-state index in [2.05, 4.69) is 5.32 Å². The van der Waals surface area contributed by atoms with Crippen molar-refractivity contribution < 1.29 is 14.7 Å². The Morgan fingerprint density at radius 1 is 1.50 bits per heavy atom. The topological polar surface area (TPSA) is 66.4 Å². The molecule has 0 saturated heterocycles. The molecule has 88 valence electrons. The Balaban J connectivity index is 2.60. The SMILES string of the molecule is Cc1scc(C(=O)NCC(C)C(=O)O)c1C. The molecule has 0 aliphatic carbocycles. The first-order valence-electron chi connectivity index (χ1n) is 4.99. The second kappa shape index (κ2) is 5.12. The fourth-order valence-electron chi connectivity index (χ4n) is 1.17. The van der Waals surface area contributed by atoms with Gasteiger partial charge < -0.3 is 10.4 Å². The number of hydrogen-bond acceptors (Lipinski definition) is 3. The highest BCUT2D eigenvalue weighted by Gasteiger charge is 2.15. The van der Waals surface area contributed by atoms with Crippen LogP contribution in [0.15, 0.2) is 5.38 Å². The van der Waals surface area contributed by atoms with E-state index >= 15 is 0 Å². The molecule has 4 nitrogen and oxygen atoms in total. The summed E-state index contributed by atoms with van der Waals surface area (Å²) in [6, 6.07) is 0. The van der Waals surface area contributed by atoms with Crippen molar-refractivity contribution in [3.8, 4) is 0 Å². The van der Waals surface area contributed by atoms with E-state index in [1.165, 1.54) is 11.3 Å². The van der Waals surface area contributed by atoms with Gasteiger partial charge in [0.05, 0.1) is 11.5 Å². The summed E-state index contributed by atoms with van der Waals surface area (Å²) in [6.45, 7) is 5.56. The fourth-order valence-corrected chi connectivity index (χ4v) is 2.03. The molecule has 1 aromatic rings. The molecule has 0 aliphatic rings. The van der Waals surface area contributed by atoms with Gasteiger partial charge in [-0.3, -0.25) is 9.59 Å². The Hall–Kier alpha value is -1.36. The van der Waals surface area contributed by atoms with Gasteiger partial charge in [0.25, 0.3) is 5.91 Å². The number of carbonyl (C=O) groups is 2. The van der Waals surface area contributed by atoms with Crippen molar-refractivity contribution in [3.63, 3.8) is 0 Å². The minimum absolute atomic E-state index is 0.155. The van der Waals surface area contributed by atoms with Gasteiger partial charge in [-0.05, 0) is 19.4 Å². The van der Waals surface area contributed by atoms with Gasteiger partial charge in [-0.2, -0.15) is 0 Å². The molecule has 0 aliphatic heterocycles. The second-order valence-corrected chi connectivity index (χ2v) is 4.86. The lowest BCUT2D eigenvalue weighted by Crippen LogP contribution is -2.31. The largest absolute Gasteiger partial charge is 0.481 e. The first-order valence-corrected chi connectivity index (χ1v) is 5.87. The van der Waals surface area contributed by atoms with E-state index in [1.807, 2.05) is 13.8 Å². The standard InChI is InChI=1S/C11H15NO3S/c1-6(11(14)15)4-12-10(13)9-5-16-8(3)7(9)2/h5-6H,4H2,1-3H3,(H,12,13)(H,14,15). The number of rotatable bonds is 4. The predicted octanol–water partition coefficient (Wildman–Crippen LogP) is 1.82. The third kappa shape index (κ3) is 2.82. The molecular weight excluding hydrogens is 226 g/mol. The summed E-state index contributed by atoms with van der Waals surface area (Å²) in [7, 11) is 0. The molecule has 2 N–H and O–H groups in total. The summed E-state index contributed by atoms with van der Waals surface area (Å²) in [5.41, 5.74) is 1.60. The van der Waals surface area contributed by atoms with Crippen LogP contribution in [0.4, 0.5) is 0 Å². The zero-order chi connectivity index (χ0) is 12.3. The van der Waals surface area contributed by atoms with Gasteiger partial charge >= 0.3 is 5.97 Å². The number of aryl methyl sites for hydroxylation is 1. The molecule has 0 fully saturated rings. The number of hydrogen-bond donors (Lipinski definition) is 2. The lowest BCUT2D eigenvalue weighted by atomic mass is 10.1. The van der Waals surface area contributed by atoms with Gasteiger partial charge in [-0.1, -0.05) is 6.92 Å². The van der Waals surface area contributed by atoms with Crippen LogP contribution in [0.1, 0.15) is 27.7 Å². The van der Waals surface area contributed by atoms with Crippen molar-refractivity contribution in [3.05, 3.63) is 21.4 Å². The van der Waals surface area contributed by atoms with Crippen LogP contribution in [0.2, 0.25) is 0 Å². The third-order valence-corrected chi connectivity index (χ3v) is 3.53. The minimum atomic E-state index is -0.904. The lowest BCUT2D eigenvalue weighted by Gasteiger charge is -2.08. The zero-order valence-electron chi connectivity index (χ0n) is 9.53. The van der Waals surface area contributed by atoms with Gasteiger partial charge in [0.15, 0.2) is 0 Å². The summed E-state index contributed by atoms with van der Waals surface area (Å²) in [6.07, 6.45) is 0. The highest BCUT2D eigenvalue weighted by atomic mass is 32.1. The third-order valence-electron chi connectivity index (χ3n) is 2.52. The van der Waals surface area contributed by atoms with E-state index in [0.29, 0.717) is 5.56 Å². The molecule has 1 rings (SSSR count). The second-order valence-electron chi connectivity index (χ2n) is 3.78. The summed E-state index contributed by atoms with van der Waals surface area (Å²) in [5.74, 6) is -1.67. The van der Waals surface area contributed by atoms with Gasteiger partial charge in [0.2, 0.25) is 0 Å². The molecule has 1 unspecified atom stereocenters. The Morgan fingerprint density at radius 2 is 2.12 bits per heavy atom. The van der Waals surface area contributed by atoms with Crippen LogP contribution >= 0.6 is 11.3 Å². The number of thiophene rings is 1. The Kier molecular flexibility index (Phi) is 4.06. The molecule has 0 aromatic carbocycles. The van der Waals surface area contributed by atoms with Crippen LogP contribution in [-0.2, 0) is 4.79 Å². The Morgan fingerprint density at radius 3 is 2.56 bits per heavy atom. The van der Waals surface area contributed by atoms with E-state index in [9.17, 15) is 9.59 Å². The van der Waals surface area contributed by atoms with Crippen molar-refractivity contribution in [2.45, 2.75) is 20.8 Å². The predicted molar refractivity (Wildman–Crippen MR) is 62.9 cm³/mol. The van der Waals surface area contributed by atoms with E-state index < -0.39 is 11.9 Å². The molecule has 1 heterocycles. The highest BCUT2D eigenvalue weighted by Crippen LogP contribution is 2.20. The molecule has 0 spiro atoms. The summed E-state index contributed by atoms with van der Waals surface area (Å²) < 4.78 is 0. The molecule has 1 aromatic heterocycles. The summed E-state index contributed by atoms with van der Waals surface area (Å²) in [5, 5.41) is 13.1. The number of carboxylic acids is 1. The summed E-state index contributed by atoms with van der Waals surface area (Å²) >= 11 is 1.52. The first kappa shape index (κ1) is 12.7. The number of carbonyl (C=O) groups excluding carboxylic acids is 1. The molecule has 0 bridgehead atoms. The van der Waals surface area contributed by atoms with Crippen LogP contribution in [-0.4, -0.2) is 23.5 Å². The maximum Gasteiger partial charge on any atom is 0.308 e. The van der Waals surface area contributed by atoms with Gasteiger partial charge in [0, 0.05) is 16.8 Å². The molecule has 0 radical (unpaired) electrons. The van der Waals surface area contributed by atoms with E-state index in [1.54, 1.807) is 12.3 Å². The average Bonchev–Trinajstić information content (AvgIpc) is 2.55. The van der Waals surface area contributed by atoms with Crippen molar-refractivity contribution in [1.29, 1.82) is 0 Å². The van der Waals surface area contributed by atoms with Crippen LogP contribution < -0.4 is 5.32 Å². The smallest absolute Gasteiger partial charge is 0.308 e. The van der Waals surface area contributed by atoms with Crippen molar-refractivity contribution in [1.82, 2.24) is 5.32 Å². The number of amides is 1. The Labute approximate surface area is 98.3 Å². The Bertz CT molecular complexity index is 411. The molecule has 1 amide bonds. The van der Waals surface area contributed by atoms with Gasteiger partial charge in [0.1, 0.15) is 0 Å². The van der Waals surface area contributed by atoms with Crippen molar-refractivity contribution in [2.75, 3.05) is 6.54 Å². The van der Waals surface area contributed by atoms with Gasteiger partial charge in [-0.25, -0.2) is 0 Å². The molecule has 0 saturated carbocycles. The first-order chi connectivity index (χ1) is 7.43. The summed E-state index contributed by atoms with van der Waals surface area (Å²) in [4.78, 5) is 23.4. The number of aliphatic carboxylic acids is 1. The molecule has 5 heteroatoms. The normalized spacial score (nSPS) is 12.2. The quantitative estimate of drug-likeness (QED) is 0.845. The molecular formula is C11H15NO3S.